The van der Waals surface area contributed by atoms with Crippen molar-refractivity contribution in [3.8, 4) is 0 Å². The van der Waals surface area contributed by atoms with Crippen LogP contribution in [0.1, 0.15) is 0 Å². The zero-order valence-electron chi connectivity index (χ0n) is 21.2. The predicted octanol–water partition coefficient (Wildman–Crippen LogP) is -7.98. The van der Waals surface area contributed by atoms with Gasteiger partial charge in [0, 0.05) is 0 Å². The minimum atomic E-state index is -3.86. The van der Waals surface area contributed by atoms with Crippen LogP contribution in [-0.4, -0.2) is 147 Å². The Morgan fingerprint density at radius 3 is 1.37 bits per heavy atom. The first-order valence-electron chi connectivity index (χ1n) is 10.6. The molecule has 0 aromatic carbocycles. The summed E-state index contributed by atoms with van der Waals surface area (Å²) in [6.07, 6.45) is 0. The maximum Gasteiger partial charge on any atom is 0.381 e. The monoisotopic (exact) mass is 828 g/mol. The van der Waals surface area contributed by atoms with Gasteiger partial charge in [0.15, 0.2) is 9.04 Å². The lowest BCUT2D eigenvalue weighted by molar-refractivity contribution is 0.534. The van der Waals surface area contributed by atoms with Crippen LogP contribution in [-0.2, 0) is 65.9 Å². The zero-order chi connectivity index (χ0) is 30.1. The predicted molar refractivity (Wildman–Crippen MR) is 157 cm³/mol. The van der Waals surface area contributed by atoms with Gasteiger partial charge in [-0.3, -0.25) is 0 Å². The molecule has 33 heteroatoms. The molecule has 0 aromatic rings. The summed E-state index contributed by atoms with van der Waals surface area (Å²) < 4.78 is 165. The molecule has 0 amide bonds. The van der Waals surface area contributed by atoms with Crippen molar-refractivity contribution in [3.63, 3.8) is 0 Å². The van der Waals surface area contributed by atoms with Crippen molar-refractivity contribution in [2.24, 2.45) is 0 Å². The SMILES string of the molecule is C[SiH](C)O[SiH2][Si](=O)[Si](=O)[Si](=O)[SiH](C)O[SiH2][Si](=O)[Si](=O)[Si](=O)[Si](=O)[Si](=O)[Si](=O)[Si](=O)[Si](=O)[Si](=O)[Si](C)(C)O[SiH3]. The molecule has 0 aliphatic rings. The Hall–Kier alpha value is 1.38. The van der Waals surface area contributed by atoms with Crippen molar-refractivity contribution >= 4 is 147 Å². The highest BCUT2D eigenvalue weighted by Crippen LogP contribution is 2.02. The second kappa shape index (κ2) is 18.1. The zero-order valence-corrected chi connectivity index (χ0v) is 41.3. The van der Waals surface area contributed by atoms with E-state index < -0.39 is 137 Å². The van der Waals surface area contributed by atoms with Crippen molar-refractivity contribution in [2.45, 2.75) is 32.7 Å². The Morgan fingerprint density at radius 2 is 0.947 bits per heavy atom. The highest BCUT2D eigenvalue weighted by atomic mass is 30.1. The molecule has 0 aliphatic heterocycles. The Balaban J connectivity index is 5.18. The quantitative estimate of drug-likeness (QED) is 0.110. The Bertz CT molecular complexity index is 1150. The van der Waals surface area contributed by atoms with Crippen LogP contribution in [0.25, 0.3) is 0 Å². The first-order valence-corrected chi connectivity index (χ1v) is 54.2. The van der Waals surface area contributed by atoms with Crippen molar-refractivity contribution in [3.05, 3.63) is 0 Å². The molecule has 0 aliphatic carbocycles. The molecular formula is C5H24O15Si18. The number of hydrogen-bond donors (Lipinski definition) is 0. The molecule has 0 N–H and O–H groups in total. The third kappa shape index (κ3) is 11.9. The third-order valence-electron chi connectivity index (χ3n) is 4.61. The van der Waals surface area contributed by atoms with Gasteiger partial charge >= 0.3 is 92.6 Å². The van der Waals surface area contributed by atoms with E-state index in [1.807, 2.05) is 13.1 Å². The molecule has 15 nitrogen and oxygen atoms in total. The lowest BCUT2D eigenvalue weighted by Gasteiger charge is -2.15. The smallest absolute Gasteiger partial charge is 0.381 e. The molecule has 1 unspecified atom stereocenters. The van der Waals surface area contributed by atoms with Crippen LogP contribution in [0.5, 0.6) is 0 Å². The Kier molecular flexibility index (Phi) is 18.8. The van der Waals surface area contributed by atoms with E-state index in [1.165, 1.54) is 19.6 Å². The fourth-order valence-electron chi connectivity index (χ4n) is 2.08. The summed E-state index contributed by atoms with van der Waals surface area (Å²) in [7, 11) is -51.4. The first kappa shape index (κ1) is 39.4. The van der Waals surface area contributed by atoms with Gasteiger partial charge in [0.25, 0.3) is 0 Å². The van der Waals surface area contributed by atoms with E-state index in [4.69, 9.17) is 12.3 Å². The van der Waals surface area contributed by atoms with Crippen LogP contribution < -0.4 is 0 Å². The molecule has 0 saturated heterocycles. The van der Waals surface area contributed by atoms with Crippen molar-refractivity contribution < 1.29 is 65.9 Å². The topological polar surface area (TPSA) is 233 Å². The molecule has 206 valence electrons. The van der Waals surface area contributed by atoms with Gasteiger partial charge in [-0.1, -0.05) is 0 Å². The highest BCUT2D eigenvalue weighted by Gasteiger charge is 2.53. The average Bonchev–Trinajstić information content (AvgIpc) is 2.89. The van der Waals surface area contributed by atoms with Crippen LogP contribution in [0, 0.1) is 0 Å². The Morgan fingerprint density at radius 1 is 0.579 bits per heavy atom. The van der Waals surface area contributed by atoms with E-state index in [0.717, 1.165) is 0 Å². The van der Waals surface area contributed by atoms with Gasteiger partial charge in [0.1, 0.15) is 10.5 Å². The fourth-order valence-corrected chi connectivity index (χ4v) is 170. The molecule has 38 heavy (non-hydrogen) atoms. The maximum atomic E-state index is 12.5. The van der Waals surface area contributed by atoms with E-state index in [9.17, 15) is 53.5 Å². The normalized spacial score (nSPS) is 12.5. The van der Waals surface area contributed by atoms with Crippen LogP contribution in [0.4, 0.5) is 0 Å². The third-order valence-corrected chi connectivity index (χ3v) is 128. The number of rotatable bonds is 19. The molecule has 0 radical (unpaired) electrons. The van der Waals surface area contributed by atoms with Crippen LogP contribution in [0.15, 0.2) is 0 Å². The standard InChI is InChI=1S/C5H24O15Si18/c1-24(2)19-22-26(6)29(9)28(8)25(3)20-23-27(7)30(10)31(11)32(12)33(13)34(14)35(15)36(16)37(17)38(4,5)18-21/h24-25H,22-23H2,1-5,21H3. The van der Waals surface area contributed by atoms with Crippen LogP contribution in [0.2, 0.25) is 32.7 Å². The summed E-state index contributed by atoms with van der Waals surface area (Å²) >= 11 is 0. The fraction of sp³-hybridized carbons (Fsp3) is 1.00. The van der Waals surface area contributed by atoms with Gasteiger partial charge in [-0.2, -0.15) is 0 Å². The summed E-state index contributed by atoms with van der Waals surface area (Å²) in [5.74, 6) is 0. The summed E-state index contributed by atoms with van der Waals surface area (Å²) in [6, 6.07) is 0. The van der Waals surface area contributed by atoms with E-state index in [-0.39, 0.29) is 10.5 Å². The van der Waals surface area contributed by atoms with Crippen molar-refractivity contribution in [2.75, 3.05) is 0 Å². The lowest BCUT2D eigenvalue weighted by Crippen LogP contribution is -2.57. The van der Waals surface area contributed by atoms with E-state index >= 15 is 0 Å². The maximum absolute atomic E-state index is 12.5. The number of hydrogen-bond acceptors (Lipinski definition) is 15. The van der Waals surface area contributed by atoms with Gasteiger partial charge in [-0.15, -0.1) is 0 Å². The molecule has 0 aromatic heterocycles. The van der Waals surface area contributed by atoms with Crippen molar-refractivity contribution in [1.29, 1.82) is 0 Å². The summed E-state index contributed by atoms with van der Waals surface area (Å²) in [4.78, 5) is 0. The van der Waals surface area contributed by atoms with Gasteiger partial charge in [-0.05, 0) is 32.7 Å². The van der Waals surface area contributed by atoms with Gasteiger partial charge in [0.2, 0.25) is 35.0 Å². The first-order chi connectivity index (χ1) is 17.3. The average molecular weight is 830 g/mol. The molecule has 0 rings (SSSR count). The minimum absolute atomic E-state index is 0.174. The van der Waals surface area contributed by atoms with E-state index in [2.05, 4.69) is 0 Å². The molecule has 0 fully saturated rings. The second-order valence-corrected chi connectivity index (χ2v) is 89.9. The molecule has 1 atom stereocenters. The molecular weight excluding hydrogens is 806 g/mol. The molecule has 0 spiro atoms. The van der Waals surface area contributed by atoms with Crippen LogP contribution >= 0.6 is 0 Å². The lowest BCUT2D eigenvalue weighted by atomic mass is 11.9. The minimum Gasteiger partial charge on any atom is -0.461 e. The Labute approximate surface area is 243 Å². The van der Waals surface area contributed by atoms with Gasteiger partial charge in [0.05, 0.1) is 0 Å². The summed E-state index contributed by atoms with van der Waals surface area (Å²) in [6.45, 7) is 8.04. The molecule has 0 heterocycles. The van der Waals surface area contributed by atoms with E-state index in [0.29, 0.717) is 0 Å². The second-order valence-electron chi connectivity index (χ2n) is 8.20. The molecule has 0 bridgehead atoms. The largest absolute Gasteiger partial charge is 0.461 e. The van der Waals surface area contributed by atoms with Crippen molar-refractivity contribution in [1.82, 2.24) is 0 Å². The summed E-state index contributed by atoms with van der Waals surface area (Å²) in [5.41, 5.74) is 0. The van der Waals surface area contributed by atoms with Gasteiger partial charge < -0.3 is 65.9 Å². The van der Waals surface area contributed by atoms with Gasteiger partial charge in [-0.25, -0.2) is 0 Å². The van der Waals surface area contributed by atoms with Crippen LogP contribution in [0.3, 0.4) is 0 Å². The summed E-state index contributed by atoms with van der Waals surface area (Å²) in [5, 5.41) is 0. The van der Waals surface area contributed by atoms with E-state index in [1.54, 1.807) is 0 Å². The highest BCUT2D eigenvalue weighted by molar-refractivity contribution is 7.78. The molecule has 0 saturated carbocycles.